The molecule has 2 N–H and O–H groups in total. The standard InChI is InChI=1S/C17H17N5O2/c1-10(16(23)24-3)11-4-5-13(20-9-11)14-12(8-18)15(19)22(21-14)17(2)6-7-17/h4-5,9H,1,6-7,19H2,2-3H3. The van der Waals surface area contributed by atoms with Crippen molar-refractivity contribution >= 4 is 17.4 Å². The normalized spacial score (nSPS) is 14.7. The largest absolute Gasteiger partial charge is 0.465 e. The minimum atomic E-state index is -0.516. The van der Waals surface area contributed by atoms with E-state index in [2.05, 4.69) is 34.4 Å². The number of methoxy groups -OCH3 is 1. The van der Waals surface area contributed by atoms with Crippen molar-refractivity contribution in [1.82, 2.24) is 14.8 Å². The Morgan fingerprint density at radius 3 is 2.71 bits per heavy atom. The first-order valence-electron chi connectivity index (χ1n) is 7.44. The molecule has 1 fully saturated rings. The van der Waals surface area contributed by atoms with E-state index < -0.39 is 5.97 Å². The summed E-state index contributed by atoms with van der Waals surface area (Å²) in [5, 5.41) is 13.9. The van der Waals surface area contributed by atoms with E-state index >= 15 is 0 Å². The van der Waals surface area contributed by atoms with E-state index in [1.165, 1.54) is 13.3 Å². The maximum atomic E-state index is 11.5. The molecule has 122 valence electrons. The third-order valence-electron chi connectivity index (χ3n) is 4.30. The SMILES string of the molecule is C=C(C(=O)OC)c1ccc(-c2nn(C3(C)CC3)c(N)c2C#N)nc1. The van der Waals surface area contributed by atoms with Crippen LogP contribution in [0, 0.1) is 11.3 Å². The van der Waals surface area contributed by atoms with Crippen LogP contribution in [0.3, 0.4) is 0 Å². The third-order valence-corrected chi connectivity index (χ3v) is 4.30. The van der Waals surface area contributed by atoms with Crippen LogP contribution in [0.4, 0.5) is 5.82 Å². The topological polar surface area (TPSA) is 107 Å². The zero-order valence-corrected chi connectivity index (χ0v) is 13.5. The number of hydrogen-bond acceptors (Lipinski definition) is 6. The summed E-state index contributed by atoms with van der Waals surface area (Å²) >= 11 is 0. The number of nitriles is 1. The van der Waals surface area contributed by atoms with Crippen LogP contribution in [0.5, 0.6) is 0 Å². The molecule has 0 saturated heterocycles. The van der Waals surface area contributed by atoms with Crippen LogP contribution in [0.25, 0.3) is 17.0 Å². The summed E-state index contributed by atoms with van der Waals surface area (Å²) in [7, 11) is 1.29. The van der Waals surface area contributed by atoms with Gasteiger partial charge in [-0.25, -0.2) is 9.48 Å². The van der Waals surface area contributed by atoms with Gasteiger partial charge in [0, 0.05) is 11.8 Å². The number of anilines is 1. The molecule has 0 amide bonds. The van der Waals surface area contributed by atoms with Gasteiger partial charge in [0.1, 0.15) is 23.1 Å². The lowest BCUT2D eigenvalue weighted by molar-refractivity contribution is -0.133. The molecule has 0 aliphatic heterocycles. The Hall–Kier alpha value is -3.14. The number of esters is 1. The molecular weight excluding hydrogens is 306 g/mol. The maximum Gasteiger partial charge on any atom is 0.337 e. The molecule has 0 bridgehead atoms. The van der Waals surface area contributed by atoms with Gasteiger partial charge in [0.25, 0.3) is 0 Å². The third kappa shape index (κ3) is 2.42. The van der Waals surface area contributed by atoms with Crippen LogP contribution in [0.15, 0.2) is 24.9 Å². The van der Waals surface area contributed by atoms with Crippen molar-refractivity contribution in [3.05, 3.63) is 36.0 Å². The van der Waals surface area contributed by atoms with Gasteiger partial charge in [-0.3, -0.25) is 4.98 Å². The van der Waals surface area contributed by atoms with Crippen LogP contribution < -0.4 is 5.73 Å². The highest BCUT2D eigenvalue weighted by Crippen LogP contribution is 2.45. The average molecular weight is 323 g/mol. The van der Waals surface area contributed by atoms with E-state index in [9.17, 15) is 10.1 Å². The zero-order valence-electron chi connectivity index (χ0n) is 13.5. The molecular formula is C17H17N5O2. The summed E-state index contributed by atoms with van der Waals surface area (Å²) in [5.74, 6) is -0.158. The highest BCUT2D eigenvalue weighted by atomic mass is 16.5. The predicted octanol–water partition coefficient (Wildman–Crippen LogP) is 2.09. The summed E-state index contributed by atoms with van der Waals surface area (Å²) in [5.41, 5.74) is 8.01. The van der Waals surface area contributed by atoms with Crippen molar-refractivity contribution in [3.8, 4) is 17.5 Å². The van der Waals surface area contributed by atoms with Crippen molar-refractivity contribution in [3.63, 3.8) is 0 Å². The number of nitrogens with zero attached hydrogens (tertiary/aromatic N) is 4. The molecule has 0 radical (unpaired) electrons. The zero-order chi connectivity index (χ0) is 17.5. The second kappa shape index (κ2) is 5.49. The minimum Gasteiger partial charge on any atom is -0.465 e. The molecule has 2 aromatic rings. The molecule has 0 atom stereocenters. The maximum absolute atomic E-state index is 11.5. The Morgan fingerprint density at radius 2 is 2.21 bits per heavy atom. The van der Waals surface area contributed by atoms with Crippen molar-refractivity contribution in [2.75, 3.05) is 12.8 Å². The Labute approximate surface area is 139 Å². The van der Waals surface area contributed by atoms with Gasteiger partial charge in [-0.1, -0.05) is 12.6 Å². The number of ether oxygens (including phenoxy) is 1. The lowest BCUT2D eigenvalue weighted by atomic mass is 10.1. The second-order valence-electron chi connectivity index (χ2n) is 6.03. The fraction of sp³-hybridized carbons (Fsp3) is 0.294. The smallest absolute Gasteiger partial charge is 0.337 e. The molecule has 1 aliphatic rings. The molecule has 2 aromatic heterocycles. The minimum absolute atomic E-state index is 0.118. The van der Waals surface area contributed by atoms with Crippen LogP contribution in [0.2, 0.25) is 0 Å². The number of carbonyl (C=O) groups is 1. The van der Waals surface area contributed by atoms with Gasteiger partial charge in [0.05, 0.1) is 23.9 Å². The molecule has 3 rings (SSSR count). The fourth-order valence-corrected chi connectivity index (χ4v) is 2.48. The number of pyridine rings is 1. The van der Waals surface area contributed by atoms with Crippen LogP contribution in [-0.4, -0.2) is 27.8 Å². The van der Waals surface area contributed by atoms with Gasteiger partial charge in [0.2, 0.25) is 0 Å². The van der Waals surface area contributed by atoms with Gasteiger partial charge in [-0.15, -0.1) is 0 Å². The first kappa shape index (κ1) is 15.7. The number of aromatic nitrogens is 3. The molecule has 7 nitrogen and oxygen atoms in total. The molecule has 0 spiro atoms. The summed E-state index contributed by atoms with van der Waals surface area (Å²) in [6.45, 7) is 5.74. The molecule has 1 saturated carbocycles. The number of carbonyl (C=O) groups excluding carboxylic acids is 1. The lowest BCUT2D eigenvalue weighted by Gasteiger charge is -2.10. The molecule has 24 heavy (non-hydrogen) atoms. The Kier molecular flexibility index (Phi) is 3.60. The van der Waals surface area contributed by atoms with Crippen molar-refractivity contribution in [2.45, 2.75) is 25.3 Å². The molecule has 7 heteroatoms. The first-order valence-corrected chi connectivity index (χ1v) is 7.44. The Bertz CT molecular complexity index is 870. The highest BCUT2D eigenvalue weighted by molar-refractivity contribution is 6.15. The fourth-order valence-electron chi connectivity index (χ4n) is 2.48. The summed E-state index contributed by atoms with van der Waals surface area (Å²) in [6.07, 6.45) is 3.47. The second-order valence-corrected chi connectivity index (χ2v) is 6.03. The van der Waals surface area contributed by atoms with E-state index in [0.717, 1.165) is 12.8 Å². The Morgan fingerprint density at radius 1 is 1.50 bits per heavy atom. The van der Waals surface area contributed by atoms with E-state index in [4.69, 9.17) is 5.73 Å². The van der Waals surface area contributed by atoms with Gasteiger partial charge < -0.3 is 10.5 Å². The van der Waals surface area contributed by atoms with Gasteiger partial charge in [0.15, 0.2) is 0 Å². The number of hydrogen-bond donors (Lipinski definition) is 1. The lowest BCUT2D eigenvalue weighted by Crippen LogP contribution is -2.16. The van der Waals surface area contributed by atoms with Gasteiger partial charge in [-0.2, -0.15) is 10.4 Å². The predicted molar refractivity (Wildman–Crippen MR) is 88.5 cm³/mol. The van der Waals surface area contributed by atoms with Crippen molar-refractivity contribution in [2.24, 2.45) is 0 Å². The summed E-state index contributed by atoms with van der Waals surface area (Å²) in [4.78, 5) is 15.8. The summed E-state index contributed by atoms with van der Waals surface area (Å²) in [6, 6.07) is 5.48. The van der Waals surface area contributed by atoms with E-state index in [-0.39, 0.29) is 11.1 Å². The number of nitrogens with two attached hydrogens (primary N) is 1. The van der Waals surface area contributed by atoms with Gasteiger partial charge in [-0.05, 0) is 25.8 Å². The van der Waals surface area contributed by atoms with Crippen LogP contribution in [-0.2, 0) is 15.1 Å². The molecule has 2 heterocycles. The quantitative estimate of drug-likeness (QED) is 0.682. The van der Waals surface area contributed by atoms with E-state index in [0.29, 0.717) is 28.3 Å². The van der Waals surface area contributed by atoms with E-state index in [1.807, 2.05) is 0 Å². The Balaban J connectivity index is 2.00. The van der Waals surface area contributed by atoms with E-state index in [1.54, 1.807) is 16.8 Å². The molecule has 0 unspecified atom stereocenters. The monoisotopic (exact) mass is 323 g/mol. The number of rotatable bonds is 4. The van der Waals surface area contributed by atoms with Gasteiger partial charge >= 0.3 is 5.97 Å². The molecule has 0 aromatic carbocycles. The van der Waals surface area contributed by atoms with Crippen LogP contribution >= 0.6 is 0 Å². The summed E-state index contributed by atoms with van der Waals surface area (Å²) < 4.78 is 6.35. The van der Waals surface area contributed by atoms with Crippen molar-refractivity contribution < 1.29 is 9.53 Å². The average Bonchev–Trinajstić information content (AvgIpc) is 3.25. The number of nitrogen functional groups attached to an aromatic ring is 1. The van der Waals surface area contributed by atoms with Crippen LogP contribution in [0.1, 0.15) is 30.9 Å². The first-order chi connectivity index (χ1) is 11.4. The molecule has 1 aliphatic carbocycles. The van der Waals surface area contributed by atoms with Crippen molar-refractivity contribution in [1.29, 1.82) is 5.26 Å². The highest BCUT2D eigenvalue weighted by Gasteiger charge is 2.42.